The molecule has 2 aliphatic rings. The number of rotatable bonds is 8. The van der Waals surface area contributed by atoms with Crippen molar-refractivity contribution in [3.63, 3.8) is 0 Å². The van der Waals surface area contributed by atoms with Gasteiger partial charge in [0.1, 0.15) is 0 Å². The molecular formula is C33H36N4O5S. The van der Waals surface area contributed by atoms with E-state index in [1.165, 1.54) is 18.2 Å². The summed E-state index contributed by atoms with van der Waals surface area (Å²) < 4.78 is 28.7. The summed E-state index contributed by atoms with van der Waals surface area (Å²) in [4.78, 5) is 41.5. The normalized spacial score (nSPS) is 16.7. The lowest BCUT2D eigenvalue weighted by Crippen LogP contribution is -2.46. The van der Waals surface area contributed by atoms with E-state index in [9.17, 15) is 22.8 Å². The van der Waals surface area contributed by atoms with Crippen molar-refractivity contribution < 1.29 is 22.8 Å². The zero-order valence-corrected chi connectivity index (χ0v) is 24.7. The molecule has 3 aromatic rings. The highest BCUT2D eigenvalue weighted by Gasteiger charge is 2.27. The van der Waals surface area contributed by atoms with Crippen molar-refractivity contribution in [1.29, 1.82) is 0 Å². The number of carbonyl (C=O) groups excluding carboxylic acids is 3. The predicted molar refractivity (Wildman–Crippen MR) is 165 cm³/mol. The summed E-state index contributed by atoms with van der Waals surface area (Å²) in [7, 11) is -3.73. The molecule has 0 atom stereocenters. The molecule has 0 radical (unpaired) electrons. The standard InChI is InChI=1S/C33H36N4O5S/c38-31(34-28-17-21-36(22-18-28)32(39)26-7-3-1-4-8-26)16-13-25-11-14-30(15-12-25)43(41,42)35-29-19-23-37(24-20-29)33(40)27-9-5-2-6-10-27/h1-16,28-29,35H,17-24H2,(H,34,38)/b16-13+. The van der Waals surface area contributed by atoms with Crippen LogP contribution in [0.4, 0.5) is 0 Å². The van der Waals surface area contributed by atoms with Crippen molar-refractivity contribution in [2.45, 2.75) is 42.7 Å². The highest BCUT2D eigenvalue weighted by molar-refractivity contribution is 7.89. The fourth-order valence-electron chi connectivity index (χ4n) is 5.42. The van der Waals surface area contributed by atoms with Gasteiger partial charge in [-0.3, -0.25) is 14.4 Å². The Morgan fingerprint density at radius 1 is 0.651 bits per heavy atom. The van der Waals surface area contributed by atoms with Gasteiger partial charge < -0.3 is 15.1 Å². The van der Waals surface area contributed by atoms with Crippen LogP contribution in [0.2, 0.25) is 0 Å². The van der Waals surface area contributed by atoms with Gasteiger partial charge in [-0.25, -0.2) is 13.1 Å². The Bertz CT molecular complexity index is 1540. The highest BCUT2D eigenvalue weighted by Crippen LogP contribution is 2.18. The molecule has 10 heteroatoms. The van der Waals surface area contributed by atoms with E-state index >= 15 is 0 Å². The average Bonchev–Trinajstić information content (AvgIpc) is 3.05. The van der Waals surface area contributed by atoms with E-state index in [-0.39, 0.29) is 34.7 Å². The fourth-order valence-corrected chi connectivity index (χ4v) is 6.73. The van der Waals surface area contributed by atoms with Crippen molar-refractivity contribution in [2.75, 3.05) is 26.2 Å². The van der Waals surface area contributed by atoms with Crippen LogP contribution in [-0.4, -0.2) is 74.2 Å². The summed E-state index contributed by atoms with van der Waals surface area (Å²) in [5.41, 5.74) is 2.00. The first-order valence-corrected chi connectivity index (χ1v) is 16.1. The molecule has 0 saturated carbocycles. The minimum Gasteiger partial charge on any atom is -0.350 e. The molecule has 0 bridgehead atoms. The van der Waals surface area contributed by atoms with Crippen molar-refractivity contribution in [3.05, 3.63) is 108 Å². The van der Waals surface area contributed by atoms with Gasteiger partial charge in [-0.05, 0) is 73.7 Å². The quantitative estimate of drug-likeness (QED) is 0.383. The van der Waals surface area contributed by atoms with E-state index in [0.29, 0.717) is 68.6 Å². The molecule has 3 aromatic carbocycles. The number of hydrogen-bond donors (Lipinski definition) is 2. The van der Waals surface area contributed by atoms with E-state index in [0.717, 1.165) is 0 Å². The van der Waals surface area contributed by atoms with Crippen LogP contribution in [0.15, 0.2) is 95.9 Å². The zero-order chi connectivity index (χ0) is 30.2. The molecule has 2 heterocycles. The van der Waals surface area contributed by atoms with Gasteiger partial charge >= 0.3 is 0 Å². The molecule has 5 rings (SSSR count). The third-order valence-electron chi connectivity index (χ3n) is 7.89. The van der Waals surface area contributed by atoms with Gasteiger partial charge in [0.2, 0.25) is 15.9 Å². The summed E-state index contributed by atoms with van der Waals surface area (Å²) >= 11 is 0. The van der Waals surface area contributed by atoms with Crippen molar-refractivity contribution in [2.24, 2.45) is 0 Å². The van der Waals surface area contributed by atoms with Gasteiger partial charge in [0, 0.05) is 55.5 Å². The van der Waals surface area contributed by atoms with E-state index < -0.39 is 10.0 Å². The number of sulfonamides is 1. The minimum absolute atomic E-state index is 0.00615. The second kappa shape index (κ2) is 13.8. The largest absolute Gasteiger partial charge is 0.350 e. The molecule has 2 aliphatic heterocycles. The third kappa shape index (κ3) is 7.97. The molecule has 2 N–H and O–H groups in total. The monoisotopic (exact) mass is 600 g/mol. The number of piperidine rings is 2. The maximum atomic E-state index is 13.0. The Balaban J connectivity index is 1.06. The maximum Gasteiger partial charge on any atom is 0.253 e. The van der Waals surface area contributed by atoms with Crippen LogP contribution < -0.4 is 10.0 Å². The fraction of sp³-hybridized carbons (Fsp3) is 0.303. The van der Waals surface area contributed by atoms with Gasteiger partial charge in [0.25, 0.3) is 11.8 Å². The number of likely N-dealkylation sites (tertiary alicyclic amines) is 2. The Morgan fingerprint density at radius 2 is 1.12 bits per heavy atom. The lowest BCUT2D eigenvalue weighted by molar-refractivity contribution is -0.117. The first-order chi connectivity index (χ1) is 20.8. The van der Waals surface area contributed by atoms with Crippen molar-refractivity contribution in [3.8, 4) is 0 Å². The minimum atomic E-state index is -3.73. The van der Waals surface area contributed by atoms with Crippen LogP contribution in [0.5, 0.6) is 0 Å². The summed E-state index contributed by atoms with van der Waals surface area (Å²) in [6.45, 7) is 2.13. The molecule has 0 spiro atoms. The average molecular weight is 601 g/mol. The highest BCUT2D eigenvalue weighted by atomic mass is 32.2. The maximum absolute atomic E-state index is 13.0. The number of amides is 3. The molecule has 3 amide bonds. The Labute approximate surface area is 252 Å². The number of hydrogen-bond acceptors (Lipinski definition) is 5. The number of carbonyl (C=O) groups is 3. The van der Waals surface area contributed by atoms with Crippen molar-refractivity contribution in [1.82, 2.24) is 19.8 Å². The van der Waals surface area contributed by atoms with Crippen molar-refractivity contribution >= 4 is 33.8 Å². The Kier molecular flexibility index (Phi) is 9.68. The molecule has 2 fully saturated rings. The molecule has 2 saturated heterocycles. The summed E-state index contributed by atoms with van der Waals surface area (Å²) in [6, 6.07) is 24.4. The van der Waals surface area contributed by atoms with Crippen LogP contribution in [0.3, 0.4) is 0 Å². The van der Waals surface area contributed by atoms with Crippen LogP contribution in [-0.2, 0) is 14.8 Å². The SMILES string of the molecule is O=C(/C=C/c1ccc(S(=O)(=O)NC2CCN(C(=O)c3ccccc3)CC2)cc1)NC1CCN(C(=O)c2ccccc2)CC1. The second-order valence-electron chi connectivity index (χ2n) is 10.9. The topological polar surface area (TPSA) is 116 Å². The van der Waals surface area contributed by atoms with Crippen LogP contribution in [0.25, 0.3) is 6.08 Å². The lowest BCUT2D eigenvalue weighted by Gasteiger charge is -2.32. The molecule has 0 unspecified atom stereocenters. The van der Waals surface area contributed by atoms with Gasteiger partial charge in [-0.1, -0.05) is 48.5 Å². The van der Waals surface area contributed by atoms with Gasteiger partial charge in [0.05, 0.1) is 4.90 Å². The van der Waals surface area contributed by atoms with Crippen LogP contribution in [0, 0.1) is 0 Å². The van der Waals surface area contributed by atoms with Crippen LogP contribution in [0.1, 0.15) is 52.0 Å². The molecule has 224 valence electrons. The van der Waals surface area contributed by atoms with E-state index in [1.807, 2.05) is 41.3 Å². The molecular weight excluding hydrogens is 564 g/mol. The van der Waals surface area contributed by atoms with E-state index in [1.54, 1.807) is 47.4 Å². The van der Waals surface area contributed by atoms with Crippen LogP contribution >= 0.6 is 0 Å². The number of benzene rings is 3. The van der Waals surface area contributed by atoms with E-state index in [2.05, 4.69) is 10.0 Å². The van der Waals surface area contributed by atoms with Gasteiger partial charge in [0.15, 0.2) is 0 Å². The second-order valence-corrected chi connectivity index (χ2v) is 12.6. The predicted octanol–water partition coefficient (Wildman–Crippen LogP) is 3.70. The third-order valence-corrected chi connectivity index (χ3v) is 9.43. The Morgan fingerprint density at radius 3 is 1.60 bits per heavy atom. The molecule has 9 nitrogen and oxygen atoms in total. The summed E-state index contributed by atoms with van der Waals surface area (Å²) in [5, 5.41) is 2.99. The summed E-state index contributed by atoms with van der Waals surface area (Å²) in [6.07, 6.45) is 5.52. The summed E-state index contributed by atoms with van der Waals surface area (Å²) in [5.74, 6) is -0.269. The zero-order valence-electron chi connectivity index (χ0n) is 23.9. The first kappa shape index (κ1) is 30.2. The van der Waals surface area contributed by atoms with Gasteiger partial charge in [-0.2, -0.15) is 0 Å². The molecule has 43 heavy (non-hydrogen) atoms. The first-order valence-electron chi connectivity index (χ1n) is 14.6. The van der Waals surface area contributed by atoms with Gasteiger partial charge in [-0.15, -0.1) is 0 Å². The Hall–Kier alpha value is -4.28. The van der Waals surface area contributed by atoms with E-state index in [4.69, 9.17) is 0 Å². The number of nitrogens with zero attached hydrogens (tertiary/aromatic N) is 2. The smallest absolute Gasteiger partial charge is 0.253 e. The molecule has 0 aliphatic carbocycles. The lowest BCUT2D eigenvalue weighted by atomic mass is 10.0. The number of nitrogens with one attached hydrogen (secondary N) is 2. The molecule has 0 aromatic heterocycles.